The fourth-order valence-corrected chi connectivity index (χ4v) is 6.47. The summed E-state index contributed by atoms with van der Waals surface area (Å²) >= 11 is 0. The van der Waals surface area contributed by atoms with Gasteiger partial charge in [-0.25, -0.2) is 0 Å². The van der Waals surface area contributed by atoms with E-state index in [4.69, 9.17) is 11.5 Å². The van der Waals surface area contributed by atoms with Gasteiger partial charge in [-0.1, -0.05) is 43.2 Å². The van der Waals surface area contributed by atoms with E-state index in [1.165, 1.54) is 12.8 Å². The summed E-state index contributed by atoms with van der Waals surface area (Å²) in [5.74, 6) is 0. The van der Waals surface area contributed by atoms with Crippen LogP contribution in [0.15, 0.2) is 0 Å². The molecule has 0 aromatic rings. The van der Waals surface area contributed by atoms with Crippen molar-refractivity contribution in [3.63, 3.8) is 0 Å². The topological polar surface area (TPSA) is 311 Å². The Morgan fingerprint density at radius 2 is 1.00 bits per heavy atom. The van der Waals surface area contributed by atoms with Crippen molar-refractivity contribution in [1.82, 2.24) is 9.80 Å². The Morgan fingerprint density at radius 3 is 1.24 bits per heavy atom. The van der Waals surface area contributed by atoms with E-state index < -0.39 is 68.1 Å². The number of hydrogen-bond donors (Lipinski definition) is 2. The minimum Gasteiger partial charge on any atom is -0.810 e. The fraction of sp³-hybridized carbons (Fsp3) is 1.00. The van der Waals surface area contributed by atoms with Crippen LogP contribution in [0.3, 0.4) is 0 Å². The number of nitrogens with two attached hydrogens (primary N) is 2. The molecule has 16 nitrogen and oxygen atoms in total. The second-order valence-electron chi connectivity index (χ2n) is 7.91. The molecule has 0 radical (unpaired) electrons. The van der Waals surface area contributed by atoms with Gasteiger partial charge in [0, 0.05) is 49.8 Å². The zero-order valence-corrected chi connectivity index (χ0v) is 24.0. The van der Waals surface area contributed by atoms with Crippen molar-refractivity contribution in [1.29, 1.82) is 0 Å². The molecule has 0 saturated heterocycles. The van der Waals surface area contributed by atoms with E-state index in [0.717, 1.165) is 19.8 Å². The Bertz CT molecular complexity index is 728. The van der Waals surface area contributed by atoms with Crippen molar-refractivity contribution < 1.29 is 78.5 Å². The van der Waals surface area contributed by atoms with Crippen LogP contribution < -0.4 is 50.6 Å². The maximum absolute atomic E-state index is 10.8. The predicted octanol–water partition coefficient (Wildman–Crippen LogP) is -6.32. The van der Waals surface area contributed by atoms with Gasteiger partial charge in [0.1, 0.15) is 0 Å². The van der Waals surface area contributed by atoms with Crippen LogP contribution in [0.25, 0.3) is 0 Å². The van der Waals surface area contributed by atoms with Gasteiger partial charge in [-0.15, -0.1) is 0 Å². The van der Waals surface area contributed by atoms with Crippen LogP contribution in [0.4, 0.5) is 0 Å². The van der Waals surface area contributed by atoms with Crippen molar-refractivity contribution in [3.05, 3.63) is 0 Å². The monoisotopic (exact) mass is 751 g/mol. The van der Waals surface area contributed by atoms with E-state index in [2.05, 4.69) is 0 Å². The van der Waals surface area contributed by atoms with Crippen LogP contribution in [0, 0.1) is 0 Å². The summed E-state index contributed by atoms with van der Waals surface area (Å²) in [5, 5.41) is 0. The van der Waals surface area contributed by atoms with Gasteiger partial charge in [-0.2, -0.15) is 0 Å². The van der Waals surface area contributed by atoms with Crippen molar-refractivity contribution in [2.75, 3.05) is 31.7 Å². The number of nitrogens with zero attached hydrogens (tertiary/aromatic N) is 2. The Labute approximate surface area is 212 Å². The third kappa shape index (κ3) is 21.2. The Hall–Kier alpha value is 1.13. The zero-order valence-electron chi connectivity index (χ0n) is 18.1. The quantitative estimate of drug-likeness (QED) is 0.186. The van der Waals surface area contributed by atoms with E-state index >= 15 is 0 Å². The zero-order chi connectivity index (χ0) is 26.3. The molecule has 0 aromatic heterocycles. The molecule has 1 aliphatic rings. The molecule has 21 heteroatoms. The molecular formula is C13H28N4O12P4Pt-6. The largest absolute Gasteiger partial charge is 2.00 e. The second-order valence-corrected chi connectivity index (χ2v) is 13.9. The smallest absolute Gasteiger partial charge is 0.810 e. The van der Waals surface area contributed by atoms with Crippen molar-refractivity contribution >= 4 is 30.4 Å². The molecule has 0 spiro atoms. The summed E-state index contributed by atoms with van der Waals surface area (Å²) in [6.07, 6.45) is -0.881. The molecule has 1 aliphatic carbocycles. The van der Waals surface area contributed by atoms with E-state index in [0.29, 0.717) is 9.80 Å². The summed E-state index contributed by atoms with van der Waals surface area (Å²) in [7, 11) is -21.3. The molecule has 1 unspecified atom stereocenters. The molecule has 0 aliphatic heterocycles. The maximum Gasteiger partial charge on any atom is 2.00 e. The van der Waals surface area contributed by atoms with Crippen molar-refractivity contribution in [3.8, 4) is 0 Å². The molecule has 0 aromatic carbocycles. The SMILES string of the molecule is CC(CN(CP(=O)([O-])[O-])CP(=O)([O-])[O-])N(CP(=O)([O-])[O-])CP(=O)([O-])[O-].N[C@@H]1CCCC[C@@H]1N.[Pt+2]. The van der Waals surface area contributed by atoms with E-state index in [-0.39, 0.29) is 33.1 Å². The first-order valence-corrected chi connectivity index (χ1v) is 16.5. The van der Waals surface area contributed by atoms with Crippen molar-refractivity contribution in [2.24, 2.45) is 11.5 Å². The van der Waals surface area contributed by atoms with Gasteiger partial charge in [-0.3, -0.25) is 9.80 Å². The number of rotatable bonds is 11. The average molecular weight is 751 g/mol. The molecule has 1 fully saturated rings. The summed E-state index contributed by atoms with van der Waals surface area (Å²) in [5.41, 5.74) is 11.3. The predicted molar refractivity (Wildman–Crippen MR) is 102 cm³/mol. The first kappa shape index (κ1) is 37.3. The molecule has 0 heterocycles. The second kappa shape index (κ2) is 15.5. The van der Waals surface area contributed by atoms with Gasteiger partial charge in [0.25, 0.3) is 0 Å². The third-order valence-corrected chi connectivity index (χ3v) is 7.39. The molecule has 34 heavy (non-hydrogen) atoms. The van der Waals surface area contributed by atoms with Gasteiger partial charge < -0.3 is 68.9 Å². The van der Waals surface area contributed by atoms with Crippen molar-refractivity contribution in [2.45, 2.75) is 50.7 Å². The van der Waals surface area contributed by atoms with E-state index in [1.54, 1.807) is 0 Å². The summed E-state index contributed by atoms with van der Waals surface area (Å²) in [4.78, 5) is 87.0. The first-order chi connectivity index (χ1) is 14.6. The minimum absolute atomic E-state index is 0. The Balaban J connectivity index is 0. The van der Waals surface area contributed by atoms with E-state index in [9.17, 15) is 57.4 Å². The fourth-order valence-electron chi connectivity index (χ4n) is 3.10. The van der Waals surface area contributed by atoms with Crippen LogP contribution in [0.5, 0.6) is 0 Å². The van der Waals surface area contributed by atoms with Gasteiger partial charge in [0.2, 0.25) is 0 Å². The van der Waals surface area contributed by atoms with Gasteiger partial charge in [0.15, 0.2) is 0 Å². The normalized spacial score (nSPS) is 21.0. The van der Waals surface area contributed by atoms with Crippen LogP contribution in [-0.2, 0) is 39.3 Å². The van der Waals surface area contributed by atoms with Crippen LogP contribution in [0.1, 0.15) is 32.6 Å². The summed E-state index contributed by atoms with van der Waals surface area (Å²) in [6.45, 7) is 0.252. The molecule has 208 valence electrons. The Morgan fingerprint density at radius 1 is 0.706 bits per heavy atom. The summed E-state index contributed by atoms with van der Waals surface area (Å²) in [6, 6.07) is -0.807. The van der Waals surface area contributed by atoms with Crippen LogP contribution in [-0.4, -0.2) is 59.6 Å². The molecule has 0 bridgehead atoms. The third-order valence-electron chi connectivity index (χ3n) is 4.48. The molecule has 1 rings (SSSR count). The standard InChI is InChI=1S/C7H22N2O12P4.C6H14N2.Pt/c1-7(9(5-24(16,17)18)6-25(19,20)21)2-8(3-22(10,11)12)4-23(13,14)15;7-5-3-1-2-4-6(5)8;/h7H,2-6H2,1H3,(H2,10,11,12)(H2,13,14,15)(H2,16,17,18)(H2,19,20,21);5-6H,1-4,7-8H2;/q;;+2/p-8/t;5-,6+;. The molecule has 0 amide bonds. The number of hydrogen-bond acceptors (Lipinski definition) is 16. The van der Waals surface area contributed by atoms with Gasteiger partial charge in [-0.05, 0) is 19.8 Å². The average Bonchev–Trinajstić information content (AvgIpc) is 2.51. The minimum atomic E-state index is -5.34. The molecular weight excluding hydrogens is 723 g/mol. The van der Waals surface area contributed by atoms with Gasteiger partial charge in [0.05, 0.1) is 0 Å². The van der Waals surface area contributed by atoms with Crippen LogP contribution >= 0.6 is 30.4 Å². The summed E-state index contributed by atoms with van der Waals surface area (Å²) < 4.78 is 43.2. The molecule has 1 saturated carbocycles. The molecule has 4 N–H and O–H groups in total. The molecule has 3 atom stereocenters. The van der Waals surface area contributed by atoms with Gasteiger partial charge >= 0.3 is 21.1 Å². The Kier molecular flexibility index (Phi) is 17.0. The van der Waals surface area contributed by atoms with E-state index in [1.807, 2.05) is 0 Å². The first-order valence-electron chi connectivity index (χ1n) is 9.60. The van der Waals surface area contributed by atoms with Crippen LogP contribution in [0.2, 0.25) is 0 Å². The maximum atomic E-state index is 10.8.